The highest BCUT2D eigenvalue weighted by molar-refractivity contribution is 8.00. The summed E-state index contributed by atoms with van der Waals surface area (Å²) in [5.74, 6) is 0.693. The predicted octanol–water partition coefficient (Wildman–Crippen LogP) is 3.05. The van der Waals surface area contributed by atoms with Crippen LogP contribution in [0.4, 0.5) is 0 Å². The van der Waals surface area contributed by atoms with Crippen molar-refractivity contribution in [2.24, 2.45) is 5.73 Å². The van der Waals surface area contributed by atoms with Gasteiger partial charge >= 0.3 is 0 Å². The van der Waals surface area contributed by atoms with E-state index in [1.54, 1.807) is 17.0 Å². The number of carbonyl (C=O) groups is 2. The molecular formula is C20H25ClN2O2S. The van der Waals surface area contributed by atoms with Crippen LogP contribution in [0.3, 0.4) is 0 Å². The van der Waals surface area contributed by atoms with E-state index in [0.29, 0.717) is 36.7 Å². The monoisotopic (exact) mass is 392 g/mol. The van der Waals surface area contributed by atoms with Gasteiger partial charge in [0.25, 0.3) is 0 Å². The summed E-state index contributed by atoms with van der Waals surface area (Å²) in [6.45, 7) is 1.63. The summed E-state index contributed by atoms with van der Waals surface area (Å²) in [6.07, 6.45) is 0.806. The summed E-state index contributed by atoms with van der Waals surface area (Å²) in [5.41, 5.74) is 7.52. The van der Waals surface area contributed by atoms with Gasteiger partial charge in [-0.1, -0.05) is 60.7 Å². The number of carbonyl (C=O) groups excluding carboxylic acids is 2. The average molecular weight is 393 g/mol. The quantitative estimate of drug-likeness (QED) is 0.631. The Bertz CT molecular complexity index is 668. The number of ketones is 1. The van der Waals surface area contributed by atoms with Crippen molar-refractivity contribution in [2.45, 2.75) is 6.42 Å². The third kappa shape index (κ3) is 7.60. The van der Waals surface area contributed by atoms with Gasteiger partial charge in [0, 0.05) is 25.2 Å². The van der Waals surface area contributed by atoms with Gasteiger partial charge in [-0.3, -0.25) is 9.59 Å². The number of rotatable bonds is 10. The number of benzene rings is 2. The van der Waals surface area contributed by atoms with Gasteiger partial charge in [-0.15, -0.1) is 24.2 Å². The second-order valence-corrected chi connectivity index (χ2v) is 6.67. The first-order chi connectivity index (χ1) is 12.2. The molecule has 0 saturated heterocycles. The minimum absolute atomic E-state index is 0. The number of nitrogens with two attached hydrogens (primary N) is 1. The van der Waals surface area contributed by atoms with Gasteiger partial charge in [-0.2, -0.15) is 0 Å². The molecule has 0 spiro atoms. The highest BCUT2D eigenvalue weighted by Crippen LogP contribution is 2.09. The van der Waals surface area contributed by atoms with Crippen LogP contribution in [0, 0.1) is 0 Å². The summed E-state index contributed by atoms with van der Waals surface area (Å²) in [6, 6.07) is 19.2. The molecule has 0 aliphatic carbocycles. The van der Waals surface area contributed by atoms with Crippen molar-refractivity contribution in [2.75, 3.05) is 31.1 Å². The molecule has 26 heavy (non-hydrogen) atoms. The zero-order valence-electron chi connectivity index (χ0n) is 14.7. The molecule has 0 aromatic heterocycles. The van der Waals surface area contributed by atoms with Crippen LogP contribution >= 0.6 is 24.2 Å². The van der Waals surface area contributed by atoms with Crippen molar-refractivity contribution >= 4 is 35.9 Å². The van der Waals surface area contributed by atoms with E-state index in [0.717, 1.165) is 6.42 Å². The first kappa shape index (κ1) is 22.2. The van der Waals surface area contributed by atoms with Crippen LogP contribution in [0.5, 0.6) is 0 Å². The van der Waals surface area contributed by atoms with E-state index in [2.05, 4.69) is 12.1 Å². The second kappa shape index (κ2) is 12.5. The van der Waals surface area contributed by atoms with Crippen LogP contribution in [-0.4, -0.2) is 47.7 Å². The summed E-state index contributed by atoms with van der Waals surface area (Å²) >= 11 is 1.36. The Hall–Kier alpha value is -1.82. The van der Waals surface area contributed by atoms with E-state index < -0.39 is 0 Å². The molecule has 0 aliphatic rings. The first-order valence-corrected chi connectivity index (χ1v) is 9.54. The van der Waals surface area contributed by atoms with Gasteiger partial charge in [0.2, 0.25) is 5.91 Å². The van der Waals surface area contributed by atoms with Crippen molar-refractivity contribution in [1.29, 1.82) is 0 Å². The van der Waals surface area contributed by atoms with Crippen LogP contribution in [-0.2, 0) is 11.2 Å². The smallest absolute Gasteiger partial charge is 0.232 e. The number of nitrogens with zero attached hydrogens (tertiary/aromatic N) is 1. The number of Topliss-reactive ketones (excluding diaryl/α,β-unsaturated/α-hetero) is 1. The standard InChI is InChI=1S/C20H24N2O2S.ClH/c21-12-14-22(13-11-17-7-3-1-4-8-17)20(24)16-25-15-19(23)18-9-5-2-6-10-18;/h1-10H,11-16,21H2;1H. The van der Waals surface area contributed by atoms with E-state index in [-0.39, 0.29) is 24.1 Å². The molecule has 2 aromatic carbocycles. The Morgan fingerprint density at radius 1 is 0.885 bits per heavy atom. The Kier molecular flexibility index (Phi) is 10.7. The largest absolute Gasteiger partial charge is 0.340 e. The Balaban J connectivity index is 0.00000338. The Labute approximate surface area is 165 Å². The van der Waals surface area contributed by atoms with Gasteiger partial charge in [-0.05, 0) is 12.0 Å². The molecule has 2 rings (SSSR count). The minimum atomic E-state index is 0. The van der Waals surface area contributed by atoms with Gasteiger partial charge in [0.05, 0.1) is 11.5 Å². The summed E-state index contributed by atoms with van der Waals surface area (Å²) < 4.78 is 0. The third-order valence-corrected chi connectivity index (χ3v) is 4.74. The summed E-state index contributed by atoms with van der Waals surface area (Å²) in [4.78, 5) is 26.3. The zero-order valence-corrected chi connectivity index (χ0v) is 16.3. The van der Waals surface area contributed by atoms with E-state index >= 15 is 0 Å². The molecule has 0 atom stereocenters. The lowest BCUT2D eigenvalue weighted by atomic mass is 10.1. The Morgan fingerprint density at radius 2 is 1.50 bits per heavy atom. The van der Waals surface area contributed by atoms with Crippen LogP contribution < -0.4 is 5.73 Å². The molecule has 2 N–H and O–H groups in total. The maximum Gasteiger partial charge on any atom is 0.232 e. The lowest BCUT2D eigenvalue weighted by molar-refractivity contribution is -0.128. The first-order valence-electron chi connectivity index (χ1n) is 8.38. The van der Waals surface area contributed by atoms with Crippen LogP contribution in [0.1, 0.15) is 15.9 Å². The molecule has 2 aromatic rings. The number of thioether (sulfide) groups is 1. The molecule has 0 heterocycles. The molecular weight excluding hydrogens is 368 g/mol. The van der Waals surface area contributed by atoms with Crippen molar-refractivity contribution < 1.29 is 9.59 Å². The number of hydrogen-bond acceptors (Lipinski definition) is 4. The normalized spacial score (nSPS) is 10.0. The lowest BCUT2D eigenvalue weighted by Crippen LogP contribution is -2.38. The maximum atomic E-state index is 12.4. The molecule has 0 saturated carbocycles. The fraction of sp³-hybridized carbons (Fsp3) is 0.300. The van der Waals surface area contributed by atoms with Crippen molar-refractivity contribution in [3.05, 3.63) is 71.8 Å². The summed E-state index contributed by atoms with van der Waals surface area (Å²) in [5, 5.41) is 0. The van der Waals surface area contributed by atoms with Crippen molar-refractivity contribution in [3.8, 4) is 0 Å². The minimum Gasteiger partial charge on any atom is -0.340 e. The van der Waals surface area contributed by atoms with Crippen LogP contribution in [0.2, 0.25) is 0 Å². The van der Waals surface area contributed by atoms with Crippen LogP contribution in [0.15, 0.2) is 60.7 Å². The number of halogens is 1. The molecule has 4 nitrogen and oxygen atoms in total. The number of amides is 1. The molecule has 0 unspecified atom stereocenters. The molecule has 0 fully saturated rings. The highest BCUT2D eigenvalue weighted by atomic mass is 35.5. The molecule has 1 amide bonds. The average Bonchev–Trinajstić information content (AvgIpc) is 2.66. The van der Waals surface area contributed by atoms with Crippen LogP contribution in [0.25, 0.3) is 0 Å². The third-order valence-electron chi connectivity index (χ3n) is 3.82. The van der Waals surface area contributed by atoms with Gasteiger partial charge in [-0.25, -0.2) is 0 Å². The van der Waals surface area contributed by atoms with Crippen molar-refractivity contribution in [3.63, 3.8) is 0 Å². The van der Waals surface area contributed by atoms with Crippen molar-refractivity contribution in [1.82, 2.24) is 4.90 Å². The zero-order chi connectivity index (χ0) is 17.9. The SMILES string of the molecule is Cl.NCCN(CCc1ccccc1)C(=O)CSCC(=O)c1ccccc1. The van der Waals surface area contributed by atoms with E-state index in [1.165, 1.54) is 17.3 Å². The molecule has 0 bridgehead atoms. The van der Waals surface area contributed by atoms with E-state index in [9.17, 15) is 9.59 Å². The molecule has 140 valence electrons. The highest BCUT2D eigenvalue weighted by Gasteiger charge is 2.14. The molecule has 0 radical (unpaired) electrons. The summed E-state index contributed by atoms with van der Waals surface area (Å²) in [7, 11) is 0. The van der Waals surface area contributed by atoms with Gasteiger partial charge in [0.1, 0.15) is 0 Å². The van der Waals surface area contributed by atoms with Gasteiger partial charge in [0.15, 0.2) is 5.78 Å². The second-order valence-electron chi connectivity index (χ2n) is 5.69. The Morgan fingerprint density at radius 3 is 2.12 bits per heavy atom. The lowest BCUT2D eigenvalue weighted by Gasteiger charge is -2.22. The molecule has 6 heteroatoms. The topological polar surface area (TPSA) is 63.4 Å². The fourth-order valence-electron chi connectivity index (χ4n) is 2.46. The van der Waals surface area contributed by atoms with E-state index in [4.69, 9.17) is 5.73 Å². The molecule has 0 aliphatic heterocycles. The maximum absolute atomic E-state index is 12.4. The van der Waals surface area contributed by atoms with Gasteiger partial charge < -0.3 is 10.6 Å². The van der Waals surface area contributed by atoms with E-state index in [1.807, 2.05) is 36.4 Å². The number of hydrogen-bond donors (Lipinski definition) is 1. The predicted molar refractivity (Wildman–Crippen MR) is 111 cm³/mol. The fourth-order valence-corrected chi connectivity index (χ4v) is 3.27.